The standard InChI is InChI=1S/C15H14BrNOS/c16-14-5-1-3-12(9-14)10-18-11-15-13(4-2-7-17)6-8-19-15/h1,3,5-6,8-9H,7,10-11,17H2. The van der Waals surface area contributed by atoms with Gasteiger partial charge in [-0.15, -0.1) is 11.3 Å². The summed E-state index contributed by atoms with van der Waals surface area (Å²) in [6, 6.07) is 10.1. The Balaban J connectivity index is 1.91. The van der Waals surface area contributed by atoms with Crippen molar-refractivity contribution in [3.05, 3.63) is 56.2 Å². The Hall–Kier alpha value is -1.12. The van der Waals surface area contributed by atoms with Crippen LogP contribution < -0.4 is 5.73 Å². The fraction of sp³-hybridized carbons (Fsp3) is 0.200. The van der Waals surface area contributed by atoms with Crippen molar-refractivity contribution in [3.63, 3.8) is 0 Å². The maximum atomic E-state index is 5.73. The van der Waals surface area contributed by atoms with Crippen molar-refractivity contribution in [2.24, 2.45) is 5.73 Å². The molecule has 0 radical (unpaired) electrons. The zero-order valence-corrected chi connectivity index (χ0v) is 12.8. The Morgan fingerprint density at radius 2 is 2.16 bits per heavy atom. The summed E-state index contributed by atoms with van der Waals surface area (Å²) < 4.78 is 6.80. The number of benzene rings is 1. The lowest BCUT2D eigenvalue weighted by molar-refractivity contribution is 0.109. The van der Waals surface area contributed by atoms with Crippen LogP contribution >= 0.6 is 27.3 Å². The first-order valence-electron chi connectivity index (χ1n) is 5.87. The van der Waals surface area contributed by atoms with Crippen molar-refractivity contribution < 1.29 is 4.74 Å². The summed E-state index contributed by atoms with van der Waals surface area (Å²) in [5.41, 5.74) is 7.55. The molecule has 0 bridgehead atoms. The molecule has 0 unspecified atom stereocenters. The van der Waals surface area contributed by atoms with Gasteiger partial charge in [-0.1, -0.05) is 39.9 Å². The van der Waals surface area contributed by atoms with Gasteiger partial charge in [0.05, 0.1) is 19.8 Å². The van der Waals surface area contributed by atoms with Crippen LogP contribution in [0.25, 0.3) is 0 Å². The lowest BCUT2D eigenvalue weighted by atomic mass is 10.2. The van der Waals surface area contributed by atoms with Gasteiger partial charge in [-0.25, -0.2) is 0 Å². The van der Waals surface area contributed by atoms with Crippen LogP contribution in [0, 0.1) is 11.8 Å². The van der Waals surface area contributed by atoms with Gasteiger partial charge in [-0.2, -0.15) is 0 Å². The first-order chi connectivity index (χ1) is 9.29. The van der Waals surface area contributed by atoms with Crippen molar-refractivity contribution in [2.75, 3.05) is 6.54 Å². The average Bonchev–Trinajstić information content (AvgIpc) is 2.84. The highest BCUT2D eigenvalue weighted by molar-refractivity contribution is 9.10. The van der Waals surface area contributed by atoms with E-state index in [0.717, 1.165) is 20.5 Å². The predicted molar refractivity (Wildman–Crippen MR) is 82.9 cm³/mol. The molecule has 98 valence electrons. The number of thiophene rings is 1. The number of hydrogen-bond acceptors (Lipinski definition) is 3. The van der Waals surface area contributed by atoms with E-state index in [1.54, 1.807) is 11.3 Å². The van der Waals surface area contributed by atoms with E-state index < -0.39 is 0 Å². The minimum absolute atomic E-state index is 0.383. The summed E-state index contributed by atoms with van der Waals surface area (Å²) in [5.74, 6) is 5.93. The highest BCUT2D eigenvalue weighted by Gasteiger charge is 2.02. The Labute approximate surface area is 125 Å². The molecule has 2 nitrogen and oxygen atoms in total. The Kier molecular flexibility index (Phi) is 5.62. The number of nitrogens with two attached hydrogens (primary N) is 1. The molecule has 19 heavy (non-hydrogen) atoms. The van der Waals surface area contributed by atoms with Crippen LogP contribution in [0.5, 0.6) is 0 Å². The summed E-state index contributed by atoms with van der Waals surface area (Å²) in [6.07, 6.45) is 0. The molecule has 0 aliphatic carbocycles. The minimum Gasteiger partial charge on any atom is -0.371 e. The summed E-state index contributed by atoms with van der Waals surface area (Å²) >= 11 is 5.11. The van der Waals surface area contributed by atoms with E-state index in [2.05, 4.69) is 33.8 Å². The van der Waals surface area contributed by atoms with Crippen molar-refractivity contribution >= 4 is 27.3 Å². The van der Waals surface area contributed by atoms with E-state index in [1.807, 2.05) is 29.6 Å². The number of halogens is 1. The zero-order chi connectivity index (χ0) is 13.5. The molecule has 0 aliphatic heterocycles. The molecule has 1 heterocycles. The molecule has 0 saturated heterocycles. The third-order valence-corrected chi connectivity index (χ3v) is 3.85. The van der Waals surface area contributed by atoms with Crippen molar-refractivity contribution in [1.82, 2.24) is 0 Å². The maximum Gasteiger partial charge on any atom is 0.0826 e. The fourth-order valence-corrected chi connectivity index (χ4v) is 2.81. The molecule has 0 atom stereocenters. The van der Waals surface area contributed by atoms with E-state index in [4.69, 9.17) is 10.5 Å². The second-order valence-electron chi connectivity index (χ2n) is 3.89. The summed E-state index contributed by atoms with van der Waals surface area (Å²) in [7, 11) is 0. The third kappa shape index (κ3) is 4.48. The van der Waals surface area contributed by atoms with Gasteiger partial charge in [0, 0.05) is 14.9 Å². The molecule has 0 amide bonds. The number of ether oxygens (including phenoxy) is 1. The largest absolute Gasteiger partial charge is 0.371 e. The Morgan fingerprint density at radius 3 is 2.95 bits per heavy atom. The van der Waals surface area contributed by atoms with Gasteiger partial charge < -0.3 is 10.5 Å². The SMILES string of the molecule is NCC#Cc1ccsc1COCc1cccc(Br)c1. The number of rotatable bonds is 4. The van der Waals surface area contributed by atoms with Gasteiger partial charge in [0.15, 0.2) is 0 Å². The van der Waals surface area contributed by atoms with Crippen LogP contribution in [-0.4, -0.2) is 6.54 Å². The number of hydrogen-bond donors (Lipinski definition) is 1. The normalized spacial score (nSPS) is 10.0. The van der Waals surface area contributed by atoms with Crippen LogP contribution in [0.4, 0.5) is 0 Å². The highest BCUT2D eigenvalue weighted by atomic mass is 79.9. The molecule has 2 aromatic rings. The van der Waals surface area contributed by atoms with Gasteiger partial charge in [0.25, 0.3) is 0 Å². The van der Waals surface area contributed by atoms with Crippen molar-refractivity contribution in [2.45, 2.75) is 13.2 Å². The van der Waals surface area contributed by atoms with Crippen LogP contribution in [0.2, 0.25) is 0 Å². The smallest absolute Gasteiger partial charge is 0.0826 e. The molecular weight excluding hydrogens is 322 g/mol. The molecule has 0 fully saturated rings. The average molecular weight is 336 g/mol. The van der Waals surface area contributed by atoms with Crippen LogP contribution in [0.1, 0.15) is 16.0 Å². The van der Waals surface area contributed by atoms with Crippen LogP contribution in [-0.2, 0) is 18.0 Å². The lowest BCUT2D eigenvalue weighted by Crippen LogP contribution is -1.95. The Bertz CT molecular complexity index is 597. The lowest BCUT2D eigenvalue weighted by Gasteiger charge is -2.04. The summed E-state index contributed by atoms with van der Waals surface area (Å²) in [4.78, 5) is 1.15. The molecule has 1 aromatic carbocycles. The van der Waals surface area contributed by atoms with Gasteiger partial charge in [0.2, 0.25) is 0 Å². The molecule has 4 heteroatoms. The van der Waals surface area contributed by atoms with E-state index in [0.29, 0.717) is 19.8 Å². The fourth-order valence-electron chi connectivity index (χ4n) is 1.60. The highest BCUT2D eigenvalue weighted by Crippen LogP contribution is 2.18. The first-order valence-corrected chi connectivity index (χ1v) is 7.54. The van der Waals surface area contributed by atoms with Gasteiger partial charge >= 0.3 is 0 Å². The topological polar surface area (TPSA) is 35.2 Å². The van der Waals surface area contributed by atoms with E-state index >= 15 is 0 Å². The third-order valence-electron chi connectivity index (χ3n) is 2.46. The van der Waals surface area contributed by atoms with E-state index in [-0.39, 0.29) is 0 Å². The van der Waals surface area contributed by atoms with Gasteiger partial charge in [0.1, 0.15) is 0 Å². The van der Waals surface area contributed by atoms with E-state index in [1.165, 1.54) is 0 Å². The molecule has 2 rings (SSSR count). The predicted octanol–water partition coefficient (Wildman–Crippen LogP) is 3.54. The second kappa shape index (κ2) is 7.46. The first kappa shape index (κ1) is 14.3. The summed E-state index contributed by atoms with van der Waals surface area (Å²) in [5, 5.41) is 2.03. The minimum atomic E-state index is 0.383. The molecule has 0 spiro atoms. The van der Waals surface area contributed by atoms with Crippen LogP contribution in [0.3, 0.4) is 0 Å². The van der Waals surface area contributed by atoms with Crippen LogP contribution in [0.15, 0.2) is 40.2 Å². The second-order valence-corrected chi connectivity index (χ2v) is 5.80. The molecular formula is C15H14BrNOS. The maximum absolute atomic E-state index is 5.73. The Morgan fingerprint density at radius 1 is 1.26 bits per heavy atom. The van der Waals surface area contributed by atoms with Crippen molar-refractivity contribution in [3.8, 4) is 11.8 Å². The summed E-state index contributed by atoms with van der Waals surface area (Å²) in [6.45, 7) is 1.56. The molecule has 2 N–H and O–H groups in total. The van der Waals surface area contributed by atoms with Gasteiger partial charge in [-0.3, -0.25) is 0 Å². The van der Waals surface area contributed by atoms with E-state index in [9.17, 15) is 0 Å². The molecule has 1 aromatic heterocycles. The molecule has 0 aliphatic rings. The van der Waals surface area contributed by atoms with Gasteiger partial charge in [-0.05, 0) is 29.1 Å². The quantitative estimate of drug-likeness (QED) is 0.867. The molecule has 0 saturated carbocycles. The van der Waals surface area contributed by atoms with Crippen molar-refractivity contribution in [1.29, 1.82) is 0 Å². The zero-order valence-electron chi connectivity index (χ0n) is 10.4. The monoisotopic (exact) mass is 335 g/mol.